The summed E-state index contributed by atoms with van der Waals surface area (Å²) in [5.74, 6) is 0.812. The first kappa shape index (κ1) is 22.6. The number of rotatable bonds is 10. The Kier molecular flexibility index (Phi) is 7.52. The van der Waals surface area contributed by atoms with Crippen molar-refractivity contribution >= 4 is 23.2 Å². The normalized spacial score (nSPS) is 12.9. The lowest BCUT2D eigenvalue weighted by atomic mass is 10.1. The highest BCUT2D eigenvalue weighted by Gasteiger charge is 2.29. The lowest BCUT2D eigenvalue weighted by Crippen LogP contribution is -2.34. The van der Waals surface area contributed by atoms with E-state index in [0.29, 0.717) is 31.0 Å². The molecule has 0 bridgehead atoms. The maximum atomic E-state index is 13.2. The van der Waals surface area contributed by atoms with Crippen molar-refractivity contribution in [2.75, 3.05) is 51.7 Å². The number of nitrogens with zero attached hydrogens (tertiary/aromatic N) is 2. The monoisotopic (exact) mass is 425 g/mol. The second-order valence-corrected chi connectivity index (χ2v) is 7.95. The van der Waals surface area contributed by atoms with E-state index in [4.69, 9.17) is 9.47 Å². The third kappa shape index (κ3) is 5.98. The Labute approximate surface area is 183 Å². The van der Waals surface area contributed by atoms with Gasteiger partial charge in [-0.1, -0.05) is 0 Å². The highest BCUT2D eigenvalue weighted by atomic mass is 16.5. The molecule has 1 aliphatic rings. The molecule has 0 radical (unpaired) electrons. The number of methoxy groups -OCH3 is 2. The molecule has 0 aliphatic heterocycles. The summed E-state index contributed by atoms with van der Waals surface area (Å²) in [5.41, 5.74) is 3.29. The van der Waals surface area contributed by atoms with Crippen molar-refractivity contribution in [3.05, 3.63) is 53.6 Å². The Morgan fingerprint density at radius 1 is 1.06 bits per heavy atom. The van der Waals surface area contributed by atoms with Crippen LogP contribution < -0.4 is 15.0 Å². The molecule has 1 fully saturated rings. The van der Waals surface area contributed by atoms with Crippen LogP contribution in [0.3, 0.4) is 0 Å². The van der Waals surface area contributed by atoms with Crippen LogP contribution in [0.4, 0.5) is 11.4 Å². The maximum absolute atomic E-state index is 13.2. The van der Waals surface area contributed by atoms with E-state index in [1.165, 1.54) is 0 Å². The van der Waals surface area contributed by atoms with E-state index in [0.717, 1.165) is 29.8 Å². The summed E-state index contributed by atoms with van der Waals surface area (Å²) in [6.07, 6.45) is 1.91. The van der Waals surface area contributed by atoms with Crippen LogP contribution in [0.25, 0.3) is 0 Å². The van der Waals surface area contributed by atoms with E-state index >= 15 is 0 Å². The summed E-state index contributed by atoms with van der Waals surface area (Å²) in [5, 5.41) is 3.00. The molecule has 0 unspecified atom stereocenters. The zero-order chi connectivity index (χ0) is 22.4. The lowest BCUT2D eigenvalue weighted by molar-refractivity contribution is -0.117. The number of ether oxygens (including phenoxy) is 2. The molecule has 7 nitrogen and oxygen atoms in total. The molecular formula is C24H31N3O4. The molecule has 1 N–H and O–H groups in total. The van der Waals surface area contributed by atoms with Crippen LogP contribution in [0.1, 0.15) is 28.8 Å². The quantitative estimate of drug-likeness (QED) is 0.632. The molecule has 2 amide bonds. The molecule has 31 heavy (non-hydrogen) atoms. The highest BCUT2D eigenvalue weighted by molar-refractivity contribution is 5.95. The largest absolute Gasteiger partial charge is 0.497 e. The van der Waals surface area contributed by atoms with Gasteiger partial charge in [-0.2, -0.15) is 0 Å². The van der Waals surface area contributed by atoms with Crippen LogP contribution in [0.5, 0.6) is 5.75 Å². The van der Waals surface area contributed by atoms with Gasteiger partial charge in [0.1, 0.15) is 5.75 Å². The Balaban J connectivity index is 1.85. The SMILES string of the molecule is COCCN(Cc1cc(NC(=O)C2CC2)ccc1N(C)C)C(=O)c1ccc(OC)cc1. The van der Waals surface area contributed by atoms with Gasteiger partial charge in [0.15, 0.2) is 0 Å². The minimum atomic E-state index is -0.0863. The van der Waals surface area contributed by atoms with Crippen LogP contribution in [0.2, 0.25) is 0 Å². The van der Waals surface area contributed by atoms with Gasteiger partial charge in [0, 0.05) is 57.2 Å². The third-order valence-electron chi connectivity index (χ3n) is 5.33. The lowest BCUT2D eigenvalue weighted by Gasteiger charge is -2.26. The molecular weight excluding hydrogens is 394 g/mol. The molecule has 3 rings (SSSR count). The van der Waals surface area contributed by atoms with Gasteiger partial charge in [0.25, 0.3) is 5.91 Å². The standard InChI is InChI=1S/C24H31N3O4/c1-26(2)22-12-9-20(25-23(28)17-5-6-17)15-19(22)16-27(13-14-30-3)24(29)18-7-10-21(31-4)11-8-18/h7-12,15,17H,5-6,13-14,16H2,1-4H3,(H,25,28). The average molecular weight is 426 g/mol. The summed E-state index contributed by atoms with van der Waals surface area (Å²) in [4.78, 5) is 29.2. The zero-order valence-corrected chi connectivity index (χ0v) is 18.7. The van der Waals surface area contributed by atoms with E-state index in [9.17, 15) is 9.59 Å². The molecule has 1 aliphatic carbocycles. The minimum Gasteiger partial charge on any atom is -0.497 e. The molecule has 2 aromatic carbocycles. The molecule has 7 heteroatoms. The topological polar surface area (TPSA) is 71.1 Å². The summed E-state index contributed by atoms with van der Waals surface area (Å²) < 4.78 is 10.4. The number of nitrogens with one attached hydrogen (secondary N) is 1. The summed E-state index contributed by atoms with van der Waals surface area (Å²) in [6, 6.07) is 12.9. The van der Waals surface area contributed by atoms with E-state index in [1.54, 1.807) is 43.4 Å². The van der Waals surface area contributed by atoms with E-state index in [1.807, 2.05) is 37.2 Å². The minimum absolute atomic E-state index is 0.0640. The number of benzene rings is 2. The van der Waals surface area contributed by atoms with Gasteiger partial charge in [0.05, 0.1) is 13.7 Å². The van der Waals surface area contributed by atoms with Gasteiger partial charge in [0.2, 0.25) is 5.91 Å². The number of amides is 2. The van der Waals surface area contributed by atoms with Gasteiger partial charge in [-0.25, -0.2) is 0 Å². The predicted octanol–water partition coefficient (Wildman–Crippen LogP) is 3.40. The van der Waals surface area contributed by atoms with Crippen LogP contribution in [0.15, 0.2) is 42.5 Å². The Morgan fingerprint density at radius 2 is 1.77 bits per heavy atom. The number of carbonyl (C=O) groups is 2. The van der Waals surface area contributed by atoms with Crippen LogP contribution in [-0.2, 0) is 16.1 Å². The number of hydrogen-bond acceptors (Lipinski definition) is 5. The third-order valence-corrected chi connectivity index (χ3v) is 5.33. The number of hydrogen-bond donors (Lipinski definition) is 1. The van der Waals surface area contributed by atoms with Crippen molar-refractivity contribution in [3.8, 4) is 5.75 Å². The van der Waals surface area contributed by atoms with Gasteiger partial charge in [-0.15, -0.1) is 0 Å². The second kappa shape index (κ2) is 10.3. The van der Waals surface area contributed by atoms with Crippen molar-refractivity contribution < 1.29 is 19.1 Å². The number of anilines is 2. The Bertz CT molecular complexity index is 908. The van der Waals surface area contributed by atoms with Crippen molar-refractivity contribution in [3.63, 3.8) is 0 Å². The number of carbonyl (C=O) groups excluding carboxylic acids is 2. The zero-order valence-electron chi connectivity index (χ0n) is 18.7. The molecule has 2 aromatic rings. The average Bonchev–Trinajstić information content (AvgIpc) is 3.62. The summed E-state index contributed by atoms with van der Waals surface area (Å²) in [7, 11) is 7.15. The first-order valence-electron chi connectivity index (χ1n) is 10.5. The fourth-order valence-corrected chi connectivity index (χ4v) is 3.39. The van der Waals surface area contributed by atoms with E-state index in [-0.39, 0.29) is 17.7 Å². The van der Waals surface area contributed by atoms with Crippen molar-refractivity contribution in [1.29, 1.82) is 0 Å². The Morgan fingerprint density at radius 3 is 2.35 bits per heavy atom. The van der Waals surface area contributed by atoms with Gasteiger partial charge >= 0.3 is 0 Å². The molecule has 0 saturated heterocycles. The first-order chi connectivity index (χ1) is 14.9. The molecule has 1 saturated carbocycles. The van der Waals surface area contributed by atoms with Crippen molar-refractivity contribution in [2.24, 2.45) is 5.92 Å². The smallest absolute Gasteiger partial charge is 0.254 e. The molecule has 0 atom stereocenters. The van der Waals surface area contributed by atoms with E-state index < -0.39 is 0 Å². The fraction of sp³-hybridized carbons (Fsp3) is 0.417. The molecule has 0 heterocycles. The summed E-state index contributed by atoms with van der Waals surface area (Å²) >= 11 is 0. The van der Waals surface area contributed by atoms with Crippen LogP contribution in [0, 0.1) is 5.92 Å². The predicted molar refractivity (Wildman–Crippen MR) is 122 cm³/mol. The first-order valence-corrected chi connectivity index (χ1v) is 10.5. The molecule has 0 aromatic heterocycles. The van der Waals surface area contributed by atoms with Crippen molar-refractivity contribution in [1.82, 2.24) is 4.90 Å². The second-order valence-electron chi connectivity index (χ2n) is 7.95. The summed E-state index contributed by atoms with van der Waals surface area (Å²) in [6.45, 7) is 1.28. The highest BCUT2D eigenvalue weighted by Crippen LogP contribution is 2.31. The van der Waals surface area contributed by atoms with Crippen molar-refractivity contribution in [2.45, 2.75) is 19.4 Å². The Hall–Kier alpha value is -3.06. The maximum Gasteiger partial charge on any atom is 0.254 e. The van der Waals surface area contributed by atoms with Gasteiger partial charge < -0.3 is 24.6 Å². The molecule has 166 valence electrons. The fourth-order valence-electron chi connectivity index (χ4n) is 3.39. The van der Waals surface area contributed by atoms with Crippen LogP contribution >= 0.6 is 0 Å². The van der Waals surface area contributed by atoms with E-state index in [2.05, 4.69) is 5.32 Å². The van der Waals surface area contributed by atoms with Gasteiger partial charge in [-0.05, 0) is 60.9 Å². The van der Waals surface area contributed by atoms with Crippen LogP contribution in [-0.4, -0.2) is 58.2 Å². The van der Waals surface area contributed by atoms with Gasteiger partial charge in [-0.3, -0.25) is 9.59 Å². The molecule has 0 spiro atoms.